The second-order valence-electron chi connectivity index (χ2n) is 4.38. The third kappa shape index (κ3) is 4.22. The number of anilines is 1. The third-order valence-corrected chi connectivity index (χ3v) is 5.13. The summed E-state index contributed by atoms with van der Waals surface area (Å²) in [5.74, 6) is -0.199. The lowest BCUT2D eigenvalue weighted by molar-refractivity contribution is 0.0963. The summed E-state index contributed by atoms with van der Waals surface area (Å²) in [5, 5.41) is 6.29. The highest BCUT2D eigenvalue weighted by Crippen LogP contribution is 2.25. The van der Waals surface area contributed by atoms with Crippen molar-refractivity contribution >= 4 is 55.1 Å². The Hall–Kier alpha value is -1.04. The first-order chi connectivity index (χ1) is 10.0. The fourth-order valence-electron chi connectivity index (χ4n) is 1.80. The highest BCUT2D eigenvalue weighted by atomic mass is 79.9. The maximum atomic E-state index is 11.7. The van der Waals surface area contributed by atoms with Gasteiger partial charge in [0.05, 0.1) is 10.6 Å². The molecule has 0 unspecified atom stereocenters. The van der Waals surface area contributed by atoms with Gasteiger partial charge in [-0.15, -0.1) is 0 Å². The molecule has 2 aromatic rings. The highest BCUT2D eigenvalue weighted by molar-refractivity contribution is 9.13. The summed E-state index contributed by atoms with van der Waals surface area (Å²) in [5.41, 5.74) is 2.43. The maximum Gasteiger partial charge on any atom is 0.252 e. The van der Waals surface area contributed by atoms with Crippen LogP contribution in [0.1, 0.15) is 15.9 Å². The van der Waals surface area contributed by atoms with Crippen LogP contribution in [0.2, 0.25) is 5.02 Å². The first-order valence-corrected chi connectivity index (χ1v) is 8.17. The van der Waals surface area contributed by atoms with Gasteiger partial charge >= 0.3 is 0 Å². The predicted octanol–water partition coefficient (Wildman–Crippen LogP) is 4.84. The summed E-state index contributed by atoms with van der Waals surface area (Å²) < 4.78 is 2.02. The minimum absolute atomic E-state index is 0.199. The third-order valence-electron chi connectivity index (χ3n) is 2.92. The lowest BCUT2D eigenvalue weighted by Crippen LogP contribution is -2.18. The van der Waals surface area contributed by atoms with Gasteiger partial charge in [0.2, 0.25) is 0 Å². The Balaban J connectivity index is 2.13. The van der Waals surface area contributed by atoms with Gasteiger partial charge in [-0.2, -0.15) is 0 Å². The number of benzene rings is 2. The number of rotatable bonds is 4. The molecule has 110 valence electrons. The molecule has 1 amide bonds. The van der Waals surface area contributed by atoms with Crippen LogP contribution in [0.15, 0.2) is 45.3 Å². The van der Waals surface area contributed by atoms with Crippen LogP contribution in [0.5, 0.6) is 0 Å². The van der Waals surface area contributed by atoms with E-state index in [0.29, 0.717) is 17.1 Å². The molecule has 0 aliphatic carbocycles. The van der Waals surface area contributed by atoms with E-state index in [1.54, 1.807) is 19.2 Å². The molecule has 0 fully saturated rings. The average Bonchev–Trinajstić information content (AvgIpc) is 2.49. The van der Waals surface area contributed by atoms with E-state index in [-0.39, 0.29) is 5.91 Å². The molecule has 0 aliphatic heterocycles. The molecular formula is C15H13Br2ClN2O. The van der Waals surface area contributed by atoms with Crippen LogP contribution < -0.4 is 10.6 Å². The van der Waals surface area contributed by atoms with Crippen LogP contribution in [-0.4, -0.2) is 13.0 Å². The van der Waals surface area contributed by atoms with E-state index in [2.05, 4.69) is 42.5 Å². The summed E-state index contributed by atoms with van der Waals surface area (Å²) in [7, 11) is 1.58. The van der Waals surface area contributed by atoms with Gasteiger partial charge in [-0.3, -0.25) is 4.79 Å². The van der Waals surface area contributed by atoms with Crippen molar-refractivity contribution in [1.29, 1.82) is 0 Å². The first kappa shape index (κ1) is 16.3. The van der Waals surface area contributed by atoms with E-state index in [0.717, 1.165) is 20.2 Å². The van der Waals surface area contributed by atoms with Crippen molar-refractivity contribution in [2.75, 3.05) is 12.4 Å². The Labute approximate surface area is 145 Å². The second-order valence-corrected chi connectivity index (χ2v) is 6.49. The number of halogens is 3. The molecule has 0 saturated heterocycles. The number of carbonyl (C=O) groups excluding carboxylic acids is 1. The molecule has 0 saturated carbocycles. The van der Waals surface area contributed by atoms with E-state index >= 15 is 0 Å². The molecule has 3 nitrogen and oxygen atoms in total. The first-order valence-electron chi connectivity index (χ1n) is 6.20. The molecule has 2 rings (SSSR count). The Morgan fingerprint density at radius 3 is 2.57 bits per heavy atom. The molecule has 0 spiro atoms. The highest BCUT2D eigenvalue weighted by Gasteiger charge is 2.09. The minimum atomic E-state index is -0.199. The monoisotopic (exact) mass is 430 g/mol. The van der Waals surface area contributed by atoms with Crippen LogP contribution in [-0.2, 0) is 6.54 Å². The summed E-state index contributed by atoms with van der Waals surface area (Å²) in [6.07, 6.45) is 0. The zero-order valence-corrected chi connectivity index (χ0v) is 15.1. The van der Waals surface area contributed by atoms with E-state index in [4.69, 9.17) is 11.6 Å². The quantitative estimate of drug-likeness (QED) is 0.726. The number of carbonyl (C=O) groups is 1. The molecule has 0 heterocycles. The lowest BCUT2D eigenvalue weighted by atomic mass is 10.1. The van der Waals surface area contributed by atoms with Gasteiger partial charge in [0.15, 0.2) is 0 Å². The van der Waals surface area contributed by atoms with Crippen molar-refractivity contribution in [2.45, 2.75) is 6.54 Å². The standard InChI is InChI=1S/C15H13Br2ClN2O/c1-19-15(21)11-7-10(3-5-14(11)18)20-8-9-2-4-12(16)13(17)6-9/h2-7,20H,8H2,1H3,(H,19,21). The molecule has 0 radical (unpaired) electrons. The molecule has 0 bridgehead atoms. The summed E-state index contributed by atoms with van der Waals surface area (Å²) in [4.78, 5) is 11.7. The van der Waals surface area contributed by atoms with E-state index in [1.165, 1.54) is 0 Å². The van der Waals surface area contributed by atoms with Gasteiger partial charge in [0, 0.05) is 28.2 Å². The van der Waals surface area contributed by atoms with Crippen LogP contribution in [0.25, 0.3) is 0 Å². The van der Waals surface area contributed by atoms with Gasteiger partial charge in [0.25, 0.3) is 5.91 Å². The van der Waals surface area contributed by atoms with Gasteiger partial charge < -0.3 is 10.6 Å². The van der Waals surface area contributed by atoms with Crippen LogP contribution in [0, 0.1) is 0 Å². The van der Waals surface area contributed by atoms with Gasteiger partial charge in [0.1, 0.15) is 0 Å². The molecule has 21 heavy (non-hydrogen) atoms. The Morgan fingerprint density at radius 2 is 1.90 bits per heavy atom. The largest absolute Gasteiger partial charge is 0.381 e. The fraction of sp³-hybridized carbons (Fsp3) is 0.133. The molecule has 2 N–H and O–H groups in total. The number of nitrogens with one attached hydrogen (secondary N) is 2. The van der Waals surface area contributed by atoms with E-state index in [9.17, 15) is 4.79 Å². The normalized spacial score (nSPS) is 10.3. The van der Waals surface area contributed by atoms with Crippen molar-refractivity contribution in [2.24, 2.45) is 0 Å². The molecule has 6 heteroatoms. The SMILES string of the molecule is CNC(=O)c1cc(NCc2ccc(Br)c(Br)c2)ccc1Cl. The Morgan fingerprint density at radius 1 is 1.14 bits per heavy atom. The smallest absolute Gasteiger partial charge is 0.252 e. The molecule has 2 aromatic carbocycles. The van der Waals surface area contributed by atoms with Crippen molar-refractivity contribution in [3.8, 4) is 0 Å². The molecule has 0 aliphatic rings. The van der Waals surface area contributed by atoms with Crippen LogP contribution in [0.3, 0.4) is 0 Å². The van der Waals surface area contributed by atoms with Crippen molar-refractivity contribution in [3.05, 3.63) is 61.5 Å². The summed E-state index contributed by atoms with van der Waals surface area (Å²) in [6, 6.07) is 11.4. The van der Waals surface area contributed by atoms with Gasteiger partial charge in [-0.05, 0) is 67.8 Å². The van der Waals surface area contributed by atoms with E-state index < -0.39 is 0 Å². The average molecular weight is 433 g/mol. The van der Waals surface area contributed by atoms with Crippen LogP contribution in [0.4, 0.5) is 5.69 Å². The zero-order chi connectivity index (χ0) is 15.4. The van der Waals surface area contributed by atoms with Crippen molar-refractivity contribution < 1.29 is 4.79 Å². The Bertz CT molecular complexity index is 677. The van der Waals surface area contributed by atoms with Crippen molar-refractivity contribution in [1.82, 2.24) is 5.32 Å². The lowest BCUT2D eigenvalue weighted by Gasteiger charge is -2.10. The Kier molecular flexibility index (Phi) is 5.67. The topological polar surface area (TPSA) is 41.1 Å². The summed E-state index contributed by atoms with van der Waals surface area (Å²) in [6.45, 7) is 0.653. The van der Waals surface area contributed by atoms with Gasteiger partial charge in [-0.1, -0.05) is 17.7 Å². The number of amides is 1. The van der Waals surface area contributed by atoms with E-state index in [1.807, 2.05) is 24.3 Å². The minimum Gasteiger partial charge on any atom is -0.381 e. The molecule has 0 aromatic heterocycles. The van der Waals surface area contributed by atoms with Gasteiger partial charge in [-0.25, -0.2) is 0 Å². The van der Waals surface area contributed by atoms with Crippen molar-refractivity contribution in [3.63, 3.8) is 0 Å². The zero-order valence-electron chi connectivity index (χ0n) is 11.2. The second kappa shape index (κ2) is 7.29. The van der Waals surface area contributed by atoms with Crippen LogP contribution >= 0.6 is 43.5 Å². The number of hydrogen-bond acceptors (Lipinski definition) is 2. The predicted molar refractivity (Wildman–Crippen MR) is 94.0 cm³/mol. The number of hydrogen-bond donors (Lipinski definition) is 2. The summed E-state index contributed by atoms with van der Waals surface area (Å²) >= 11 is 12.9. The maximum absolute atomic E-state index is 11.7. The molecular weight excluding hydrogens is 419 g/mol. The fourth-order valence-corrected chi connectivity index (χ4v) is 2.67. The molecule has 0 atom stereocenters.